The lowest BCUT2D eigenvalue weighted by Gasteiger charge is -2.22. The van der Waals surface area contributed by atoms with Crippen LogP contribution in [0, 0.1) is 0 Å². The summed E-state index contributed by atoms with van der Waals surface area (Å²) in [6.07, 6.45) is -1.63. The van der Waals surface area contributed by atoms with Gasteiger partial charge in [-0.1, -0.05) is 5.21 Å². The fraction of sp³-hybridized carbons (Fsp3) is 0.778. The van der Waals surface area contributed by atoms with Gasteiger partial charge in [-0.05, 0) is 29.8 Å². The lowest BCUT2D eigenvalue weighted by molar-refractivity contribution is -0.193. The summed E-state index contributed by atoms with van der Waals surface area (Å²) in [5.41, 5.74) is 0.534. The Labute approximate surface area is 103 Å². The molecule has 1 heterocycles. The van der Waals surface area contributed by atoms with Crippen LogP contribution in [0.2, 0.25) is 0 Å². The van der Waals surface area contributed by atoms with Gasteiger partial charge in [-0.3, -0.25) is 0 Å². The van der Waals surface area contributed by atoms with Gasteiger partial charge in [-0.15, -0.1) is 5.10 Å². The van der Waals surface area contributed by atoms with Crippen molar-refractivity contribution in [2.45, 2.75) is 26.2 Å². The summed E-state index contributed by atoms with van der Waals surface area (Å²) >= 11 is 3.22. The van der Waals surface area contributed by atoms with Crippen LogP contribution < -0.4 is 0 Å². The summed E-state index contributed by atoms with van der Waals surface area (Å²) in [6, 6.07) is 0. The zero-order chi connectivity index (χ0) is 12.1. The van der Waals surface area contributed by atoms with Gasteiger partial charge in [0, 0.05) is 20.3 Å². The molecule has 0 fully saturated rings. The van der Waals surface area contributed by atoms with Crippen molar-refractivity contribution in [1.29, 1.82) is 0 Å². The van der Waals surface area contributed by atoms with Crippen molar-refractivity contribution in [3.63, 3.8) is 0 Å². The molecule has 0 amide bonds. The van der Waals surface area contributed by atoms with Crippen molar-refractivity contribution in [2.75, 3.05) is 13.2 Å². The molecule has 16 heavy (non-hydrogen) atoms. The maximum Gasteiger partial charge on any atom is 0.189 e. The topological polar surface area (TPSA) is 69.4 Å². The van der Waals surface area contributed by atoms with E-state index in [1.54, 1.807) is 7.05 Å². The number of aromatic nitrogens is 3. The van der Waals surface area contributed by atoms with E-state index >= 15 is 0 Å². The first-order valence-corrected chi connectivity index (χ1v) is 5.87. The van der Waals surface area contributed by atoms with Crippen molar-refractivity contribution < 1.29 is 14.6 Å². The van der Waals surface area contributed by atoms with Gasteiger partial charge in [-0.25, -0.2) is 4.68 Å². The standard InChI is InChI=1S/C9H16BrN3O3/c1-4-15-9(16-5-2)7(14)6-8(10)11-12-13(6)3/h7,9,14H,4-5H2,1-3H3. The quantitative estimate of drug-likeness (QED) is 0.793. The van der Waals surface area contributed by atoms with Gasteiger partial charge in [0.05, 0.1) is 0 Å². The highest BCUT2D eigenvalue weighted by Gasteiger charge is 2.27. The van der Waals surface area contributed by atoms with Crippen LogP contribution in [0.15, 0.2) is 4.60 Å². The minimum atomic E-state index is -0.922. The molecular formula is C9H16BrN3O3. The van der Waals surface area contributed by atoms with Crippen LogP contribution in [0.4, 0.5) is 0 Å². The Kier molecular flexibility index (Phi) is 5.33. The van der Waals surface area contributed by atoms with Crippen LogP contribution >= 0.6 is 15.9 Å². The number of nitrogens with zero attached hydrogens (tertiary/aromatic N) is 3. The van der Waals surface area contributed by atoms with Crippen LogP contribution in [0.3, 0.4) is 0 Å². The molecule has 0 bridgehead atoms. The molecule has 0 aliphatic rings. The molecule has 1 unspecified atom stereocenters. The minimum Gasteiger partial charge on any atom is -0.381 e. The first kappa shape index (κ1) is 13.6. The van der Waals surface area contributed by atoms with E-state index in [-0.39, 0.29) is 0 Å². The molecule has 1 atom stereocenters. The van der Waals surface area contributed by atoms with Crippen LogP contribution in [0.25, 0.3) is 0 Å². The second-order valence-corrected chi connectivity index (χ2v) is 3.86. The van der Waals surface area contributed by atoms with E-state index < -0.39 is 12.4 Å². The summed E-state index contributed by atoms with van der Waals surface area (Å²) in [5.74, 6) is 0. The predicted octanol–water partition coefficient (Wildman–Crippen LogP) is 1.01. The highest BCUT2D eigenvalue weighted by molar-refractivity contribution is 9.10. The summed E-state index contributed by atoms with van der Waals surface area (Å²) in [4.78, 5) is 0. The number of aliphatic hydroxyl groups is 1. The minimum absolute atomic E-state index is 0.463. The van der Waals surface area contributed by atoms with Gasteiger partial charge < -0.3 is 14.6 Å². The Balaban J connectivity index is 2.84. The maximum atomic E-state index is 10.1. The van der Waals surface area contributed by atoms with Gasteiger partial charge in [0.25, 0.3) is 0 Å². The Bertz CT molecular complexity index is 306. The fourth-order valence-electron chi connectivity index (χ4n) is 1.34. The summed E-state index contributed by atoms with van der Waals surface area (Å²) in [6.45, 7) is 4.61. The Hall–Kier alpha value is -0.500. The van der Waals surface area contributed by atoms with E-state index in [1.165, 1.54) is 4.68 Å². The first-order chi connectivity index (χ1) is 7.61. The molecule has 1 aromatic rings. The second-order valence-electron chi connectivity index (χ2n) is 3.11. The van der Waals surface area contributed by atoms with Crippen LogP contribution in [0.5, 0.6) is 0 Å². The Morgan fingerprint density at radius 3 is 2.31 bits per heavy atom. The Morgan fingerprint density at radius 2 is 1.94 bits per heavy atom. The molecule has 0 radical (unpaired) electrons. The molecule has 0 aliphatic heterocycles. The van der Waals surface area contributed by atoms with Gasteiger partial charge in [0.2, 0.25) is 0 Å². The smallest absolute Gasteiger partial charge is 0.189 e. The average Bonchev–Trinajstić information content (AvgIpc) is 2.57. The van der Waals surface area contributed by atoms with Crippen molar-refractivity contribution >= 4 is 15.9 Å². The highest BCUT2D eigenvalue weighted by Crippen LogP contribution is 2.25. The normalized spacial score (nSPS) is 13.4. The van der Waals surface area contributed by atoms with E-state index in [9.17, 15) is 5.11 Å². The SMILES string of the molecule is CCOC(OCC)C(O)c1c(Br)nnn1C. The molecule has 1 N–H and O–H groups in total. The number of hydrogen-bond acceptors (Lipinski definition) is 5. The number of aryl methyl sites for hydroxylation is 1. The first-order valence-electron chi connectivity index (χ1n) is 5.08. The molecule has 1 rings (SSSR count). The second kappa shape index (κ2) is 6.29. The molecule has 0 aliphatic carbocycles. The van der Waals surface area contributed by atoms with Crippen LogP contribution in [-0.4, -0.2) is 39.6 Å². The van der Waals surface area contributed by atoms with Crippen LogP contribution in [0.1, 0.15) is 25.6 Å². The number of aliphatic hydroxyl groups excluding tert-OH is 1. The Morgan fingerprint density at radius 1 is 1.38 bits per heavy atom. The van der Waals surface area contributed by atoms with Gasteiger partial charge in [0.15, 0.2) is 10.9 Å². The fourth-order valence-corrected chi connectivity index (χ4v) is 1.90. The molecular weight excluding hydrogens is 278 g/mol. The third-order valence-electron chi connectivity index (χ3n) is 2.03. The average molecular weight is 294 g/mol. The van der Waals surface area contributed by atoms with E-state index in [0.29, 0.717) is 23.5 Å². The third kappa shape index (κ3) is 3.00. The molecule has 92 valence electrons. The number of rotatable bonds is 6. The molecule has 0 saturated heterocycles. The molecule has 7 heteroatoms. The molecule has 0 aromatic carbocycles. The summed E-state index contributed by atoms with van der Waals surface area (Å²) in [7, 11) is 1.70. The molecule has 6 nitrogen and oxygen atoms in total. The van der Waals surface area contributed by atoms with Crippen molar-refractivity contribution in [3.8, 4) is 0 Å². The van der Waals surface area contributed by atoms with E-state index in [4.69, 9.17) is 9.47 Å². The van der Waals surface area contributed by atoms with E-state index in [0.717, 1.165) is 0 Å². The summed E-state index contributed by atoms with van der Waals surface area (Å²) in [5, 5.41) is 17.7. The molecule has 0 spiro atoms. The van der Waals surface area contributed by atoms with Crippen LogP contribution in [-0.2, 0) is 16.5 Å². The van der Waals surface area contributed by atoms with E-state index in [1.807, 2.05) is 13.8 Å². The number of hydrogen-bond donors (Lipinski definition) is 1. The van der Waals surface area contributed by atoms with Gasteiger partial charge in [0.1, 0.15) is 11.8 Å². The zero-order valence-corrected chi connectivity index (χ0v) is 11.1. The third-order valence-corrected chi connectivity index (χ3v) is 2.59. The number of halogens is 1. The van der Waals surface area contributed by atoms with Crippen molar-refractivity contribution in [3.05, 3.63) is 10.3 Å². The monoisotopic (exact) mass is 293 g/mol. The highest BCUT2D eigenvalue weighted by atomic mass is 79.9. The van der Waals surface area contributed by atoms with E-state index in [2.05, 4.69) is 26.2 Å². The largest absolute Gasteiger partial charge is 0.381 e. The lowest BCUT2D eigenvalue weighted by Crippen LogP contribution is -2.27. The zero-order valence-electron chi connectivity index (χ0n) is 9.55. The predicted molar refractivity (Wildman–Crippen MR) is 60.7 cm³/mol. The van der Waals surface area contributed by atoms with Gasteiger partial charge >= 0.3 is 0 Å². The van der Waals surface area contributed by atoms with Crippen molar-refractivity contribution in [1.82, 2.24) is 15.0 Å². The lowest BCUT2D eigenvalue weighted by atomic mass is 10.2. The molecule has 1 aromatic heterocycles. The molecule has 0 saturated carbocycles. The number of ether oxygens (including phenoxy) is 2. The maximum absolute atomic E-state index is 10.1. The van der Waals surface area contributed by atoms with Crippen molar-refractivity contribution in [2.24, 2.45) is 7.05 Å². The summed E-state index contributed by atoms with van der Waals surface area (Å²) < 4.78 is 12.6. The van der Waals surface area contributed by atoms with Gasteiger partial charge in [-0.2, -0.15) is 0 Å².